The van der Waals surface area contributed by atoms with E-state index in [1.54, 1.807) is 11.9 Å². The summed E-state index contributed by atoms with van der Waals surface area (Å²) in [6.45, 7) is 1.28. The molecule has 104 valence electrons. The molecule has 0 aliphatic rings. The molecule has 19 heavy (non-hydrogen) atoms. The zero-order valence-corrected chi connectivity index (χ0v) is 11.2. The van der Waals surface area contributed by atoms with Crippen molar-refractivity contribution in [3.63, 3.8) is 0 Å². The van der Waals surface area contributed by atoms with Crippen LogP contribution >= 0.6 is 0 Å². The van der Waals surface area contributed by atoms with Gasteiger partial charge in [0.2, 0.25) is 0 Å². The molecule has 0 fully saturated rings. The second kappa shape index (κ2) is 6.14. The van der Waals surface area contributed by atoms with E-state index in [1.807, 2.05) is 19.0 Å². The van der Waals surface area contributed by atoms with Crippen LogP contribution < -0.4 is 4.90 Å². The summed E-state index contributed by atoms with van der Waals surface area (Å²) >= 11 is 0. The highest BCUT2D eigenvalue weighted by atomic mass is 16.6. The van der Waals surface area contributed by atoms with Gasteiger partial charge in [0.1, 0.15) is 5.69 Å². The Morgan fingerprint density at radius 2 is 1.95 bits per heavy atom. The fourth-order valence-electron chi connectivity index (χ4n) is 1.59. The summed E-state index contributed by atoms with van der Waals surface area (Å²) in [6, 6.07) is 3.80. The molecule has 0 aromatic heterocycles. The van der Waals surface area contributed by atoms with Crippen molar-refractivity contribution >= 4 is 17.3 Å². The number of nitro benzene ring substituents is 1. The maximum atomic E-state index is 11.0. The minimum absolute atomic E-state index is 0.0392. The Bertz CT molecular complexity index is 488. The van der Waals surface area contributed by atoms with Crippen molar-refractivity contribution in [3.05, 3.63) is 33.9 Å². The first-order chi connectivity index (χ1) is 8.82. The average Bonchev–Trinajstić information content (AvgIpc) is 2.34. The van der Waals surface area contributed by atoms with Gasteiger partial charge in [-0.25, -0.2) is 4.79 Å². The van der Waals surface area contributed by atoms with Crippen LogP contribution in [-0.4, -0.2) is 55.1 Å². The molecule has 0 heterocycles. The molecule has 7 nitrogen and oxygen atoms in total. The Morgan fingerprint density at radius 1 is 1.32 bits per heavy atom. The van der Waals surface area contributed by atoms with Gasteiger partial charge < -0.3 is 14.9 Å². The summed E-state index contributed by atoms with van der Waals surface area (Å²) in [5, 5.41) is 19.9. The summed E-state index contributed by atoms with van der Waals surface area (Å²) < 4.78 is 0. The van der Waals surface area contributed by atoms with Crippen molar-refractivity contribution in [2.24, 2.45) is 0 Å². The zero-order chi connectivity index (χ0) is 14.6. The van der Waals surface area contributed by atoms with Crippen LogP contribution in [0.15, 0.2) is 18.2 Å². The highest BCUT2D eigenvalue weighted by Gasteiger charge is 2.19. The van der Waals surface area contributed by atoms with E-state index in [0.717, 1.165) is 0 Å². The Hall–Kier alpha value is -2.15. The van der Waals surface area contributed by atoms with E-state index in [9.17, 15) is 14.9 Å². The van der Waals surface area contributed by atoms with Gasteiger partial charge in [0.05, 0.1) is 10.5 Å². The third kappa shape index (κ3) is 3.92. The highest BCUT2D eigenvalue weighted by Crippen LogP contribution is 2.28. The van der Waals surface area contributed by atoms with Crippen LogP contribution in [0.1, 0.15) is 10.4 Å². The predicted octanol–water partition coefficient (Wildman–Crippen LogP) is 1.29. The molecule has 0 saturated carbocycles. The molecule has 1 aromatic carbocycles. The normalized spacial score (nSPS) is 10.5. The number of hydrogen-bond acceptors (Lipinski definition) is 5. The van der Waals surface area contributed by atoms with Crippen molar-refractivity contribution in [1.82, 2.24) is 4.90 Å². The van der Waals surface area contributed by atoms with Crippen molar-refractivity contribution in [1.29, 1.82) is 0 Å². The van der Waals surface area contributed by atoms with Crippen LogP contribution in [0.25, 0.3) is 0 Å². The number of benzene rings is 1. The van der Waals surface area contributed by atoms with Gasteiger partial charge in [0.15, 0.2) is 0 Å². The third-order valence-corrected chi connectivity index (χ3v) is 2.71. The molecule has 0 saturated heterocycles. The maximum Gasteiger partial charge on any atom is 0.335 e. The van der Waals surface area contributed by atoms with E-state index in [4.69, 9.17) is 5.11 Å². The molecule has 1 rings (SSSR count). The lowest BCUT2D eigenvalue weighted by atomic mass is 10.1. The summed E-state index contributed by atoms with van der Waals surface area (Å²) in [5.41, 5.74) is 0.260. The Morgan fingerprint density at radius 3 is 2.42 bits per heavy atom. The van der Waals surface area contributed by atoms with E-state index < -0.39 is 10.9 Å². The SMILES string of the molecule is CN(C)CCN(C)c1cc(C(=O)O)ccc1[N+](=O)[O-]. The average molecular weight is 267 g/mol. The molecule has 0 spiro atoms. The van der Waals surface area contributed by atoms with Gasteiger partial charge in [-0.1, -0.05) is 0 Å². The van der Waals surface area contributed by atoms with Gasteiger partial charge in [-0.2, -0.15) is 0 Å². The molecule has 0 radical (unpaired) electrons. The van der Waals surface area contributed by atoms with Gasteiger partial charge in [0, 0.05) is 26.2 Å². The zero-order valence-electron chi connectivity index (χ0n) is 11.2. The molecule has 0 amide bonds. The smallest absolute Gasteiger partial charge is 0.335 e. The summed E-state index contributed by atoms with van der Waals surface area (Å²) in [7, 11) is 5.50. The van der Waals surface area contributed by atoms with Crippen LogP contribution in [0.3, 0.4) is 0 Å². The number of likely N-dealkylation sites (N-methyl/N-ethyl adjacent to an activating group) is 2. The van der Waals surface area contributed by atoms with E-state index in [1.165, 1.54) is 18.2 Å². The van der Waals surface area contributed by atoms with E-state index in [-0.39, 0.29) is 11.3 Å². The lowest BCUT2D eigenvalue weighted by Crippen LogP contribution is -2.29. The highest BCUT2D eigenvalue weighted by molar-refractivity contribution is 5.90. The molecular weight excluding hydrogens is 250 g/mol. The predicted molar refractivity (Wildman–Crippen MR) is 71.9 cm³/mol. The Balaban J connectivity index is 3.09. The Labute approximate surface area is 111 Å². The number of nitrogens with zero attached hydrogens (tertiary/aromatic N) is 3. The quantitative estimate of drug-likeness (QED) is 0.617. The molecule has 7 heteroatoms. The van der Waals surface area contributed by atoms with Crippen LogP contribution in [-0.2, 0) is 0 Å². The maximum absolute atomic E-state index is 11.0. The minimum Gasteiger partial charge on any atom is -0.478 e. The molecule has 1 aromatic rings. The second-order valence-electron chi connectivity index (χ2n) is 4.49. The minimum atomic E-state index is -1.10. The van der Waals surface area contributed by atoms with Crippen LogP contribution in [0, 0.1) is 10.1 Å². The Kier molecular flexibility index (Phi) is 4.82. The van der Waals surface area contributed by atoms with Crippen molar-refractivity contribution in [2.45, 2.75) is 0 Å². The summed E-state index contributed by atoms with van der Waals surface area (Å²) in [4.78, 5) is 25.0. The number of carboxylic acids is 1. The lowest BCUT2D eigenvalue weighted by Gasteiger charge is -2.21. The fraction of sp³-hybridized carbons (Fsp3) is 0.417. The number of hydrogen-bond donors (Lipinski definition) is 1. The standard InChI is InChI=1S/C12H17N3O4/c1-13(2)6-7-14(3)11-8-9(12(16)17)4-5-10(11)15(18)19/h4-5,8H,6-7H2,1-3H3,(H,16,17). The molecular formula is C12H17N3O4. The molecule has 0 unspecified atom stereocenters. The van der Waals surface area contributed by atoms with Crippen LogP contribution in [0.2, 0.25) is 0 Å². The third-order valence-electron chi connectivity index (χ3n) is 2.71. The van der Waals surface area contributed by atoms with E-state index in [2.05, 4.69) is 0 Å². The van der Waals surface area contributed by atoms with Crippen molar-refractivity contribution < 1.29 is 14.8 Å². The van der Waals surface area contributed by atoms with E-state index in [0.29, 0.717) is 18.8 Å². The van der Waals surface area contributed by atoms with Crippen LogP contribution in [0.5, 0.6) is 0 Å². The number of aromatic carboxylic acids is 1. The first-order valence-corrected chi connectivity index (χ1v) is 5.70. The summed E-state index contributed by atoms with van der Waals surface area (Å²) in [5.74, 6) is -1.10. The molecule has 0 atom stereocenters. The topological polar surface area (TPSA) is 86.9 Å². The molecule has 0 aliphatic carbocycles. The first kappa shape index (κ1) is 14.9. The van der Waals surface area contributed by atoms with Gasteiger partial charge in [-0.15, -0.1) is 0 Å². The molecule has 1 N–H and O–H groups in total. The van der Waals surface area contributed by atoms with Crippen molar-refractivity contribution in [3.8, 4) is 0 Å². The molecule has 0 bridgehead atoms. The van der Waals surface area contributed by atoms with Crippen LogP contribution in [0.4, 0.5) is 11.4 Å². The van der Waals surface area contributed by atoms with E-state index >= 15 is 0 Å². The first-order valence-electron chi connectivity index (χ1n) is 5.70. The monoisotopic (exact) mass is 267 g/mol. The number of rotatable bonds is 6. The number of nitro groups is 1. The number of carboxylic acid groups (broad SMARTS) is 1. The number of carbonyl (C=O) groups is 1. The van der Waals surface area contributed by atoms with Gasteiger partial charge in [-0.3, -0.25) is 10.1 Å². The summed E-state index contributed by atoms with van der Waals surface area (Å²) in [6.07, 6.45) is 0. The van der Waals surface area contributed by atoms with Gasteiger partial charge in [-0.05, 0) is 26.2 Å². The number of anilines is 1. The fourth-order valence-corrected chi connectivity index (χ4v) is 1.59. The largest absolute Gasteiger partial charge is 0.478 e. The lowest BCUT2D eigenvalue weighted by molar-refractivity contribution is -0.384. The van der Waals surface area contributed by atoms with Gasteiger partial charge >= 0.3 is 5.97 Å². The molecule has 0 aliphatic heterocycles. The van der Waals surface area contributed by atoms with Crippen molar-refractivity contribution in [2.75, 3.05) is 39.1 Å². The van der Waals surface area contributed by atoms with Gasteiger partial charge in [0.25, 0.3) is 5.69 Å². The second-order valence-corrected chi connectivity index (χ2v) is 4.49.